The molecule has 3 aromatic rings. The molecule has 128 valence electrons. The van der Waals surface area contributed by atoms with E-state index in [2.05, 4.69) is 15.3 Å². The first kappa shape index (κ1) is 17.0. The second-order valence-corrected chi connectivity index (χ2v) is 5.91. The molecule has 1 N–H and O–H groups in total. The molecule has 0 spiro atoms. The zero-order chi connectivity index (χ0) is 17.6. The summed E-state index contributed by atoms with van der Waals surface area (Å²) in [5.74, 6) is 1.22. The topological polar surface area (TPSA) is 69.0 Å². The van der Waals surface area contributed by atoms with Gasteiger partial charge >= 0.3 is 0 Å². The quantitative estimate of drug-likeness (QED) is 0.737. The van der Waals surface area contributed by atoms with Gasteiger partial charge in [0.05, 0.1) is 0 Å². The Morgan fingerprint density at radius 3 is 2.88 bits per heavy atom. The number of halogens is 1. The van der Waals surface area contributed by atoms with Gasteiger partial charge in [0.1, 0.15) is 17.9 Å². The fraction of sp³-hybridized carbons (Fsp3) is 0.167. The zero-order valence-electron chi connectivity index (χ0n) is 13.6. The Labute approximate surface area is 150 Å². The predicted molar refractivity (Wildman–Crippen MR) is 94.9 cm³/mol. The number of hydrogen-bond donors (Lipinski definition) is 1. The number of nitrogens with one attached hydrogen (secondary N) is 1. The van der Waals surface area contributed by atoms with Crippen molar-refractivity contribution in [2.75, 3.05) is 6.61 Å². The van der Waals surface area contributed by atoms with Gasteiger partial charge in [-0.15, -0.1) is 0 Å². The zero-order valence-corrected chi connectivity index (χ0v) is 14.4. The minimum absolute atomic E-state index is 0.0526. The van der Waals surface area contributed by atoms with Gasteiger partial charge in [-0.25, -0.2) is 9.97 Å². The highest BCUT2D eigenvalue weighted by Crippen LogP contribution is 2.21. The number of rotatable bonds is 6. The van der Waals surface area contributed by atoms with Crippen molar-refractivity contribution in [2.24, 2.45) is 0 Å². The van der Waals surface area contributed by atoms with Crippen LogP contribution >= 0.6 is 11.6 Å². The maximum absolute atomic E-state index is 11.9. The number of aryl methyl sites for hydroxylation is 1. The van der Waals surface area contributed by atoms with Crippen LogP contribution in [0, 0.1) is 6.92 Å². The number of pyridine rings is 1. The van der Waals surface area contributed by atoms with Crippen LogP contribution in [0.1, 0.15) is 11.1 Å². The number of amides is 1. The highest BCUT2D eigenvalue weighted by atomic mass is 35.5. The summed E-state index contributed by atoms with van der Waals surface area (Å²) in [5, 5.41) is 3.44. The number of aromatic nitrogens is 3. The first-order chi connectivity index (χ1) is 12.1. The van der Waals surface area contributed by atoms with E-state index in [9.17, 15) is 4.79 Å². The summed E-state index contributed by atoms with van der Waals surface area (Å²) in [6, 6.07) is 9.06. The highest BCUT2D eigenvalue weighted by molar-refractivity contribution is 6.30. The van der Waals surface area contributed by atoms with Crippen LogP contribution in [0.15, 0.2) is 55.2 Å². The van der Waals surface area contributed by atoms with Crippen LogP contribution in [-0.4, -0.2) is 27.0 Å². The van der Waals surface area contributed by atoms with E-state index in [-0.39, 0.29) is 12.5 Å². The molecule has 1 amide bonds. The number of imidazole rings is 1. The van der Waals surface area contributed by atoms with Crippen LogP contribution in [0.25, 0.3) is 5.82 Å². The summed E-state index contributed by atoms with van der Waals surface area (Å²) < 4.78 is 7.32. The van der Waals surface area contributed by atoms with E-state index in [1.807, 2.05) is 29.8 Å². The lowest BCUT2D eigenvalue weighted by molar-refractivity contribution is -0.123. The summed E-state index contributed by atoms with van der Waals surface area (Å²) in [6.45, 7) is 2.22. The lowest BCUT2D eigenvalue weighted by atomic mass is 10.2. The number of carbonyl (C=O) groups excluding carboxylic acids is 1. The van der Waals surface area contributed by atoms with Crippen molar-refractivity contribution in [1.82, 2.24) is 19.9 Å². The van der Waals surface area contributed by atoms with Gasteiger partial charge in [0.15, 0.2) is 6.61 Å². The molecule has 25 heavy (non-hydrogen) atoms. The van der Waals surface area contributed by atoms with Crippen LogP contribution in [0.4, 0.5) is 0 Å². The van der Waals surface area contributed by atoms with E-state index in [1.54, 1.807) is 36.9 Å². The third-order valence-corrected chi connectivity index (χ3v) is 3.80. The van der Waals surface area contributed by atoms with Gasteiger partial charge in [0, 0.05) is 30.2 Å². The molecule has 3 rings (SSSR count). The molecule has 0 saturated carbocycles. The summed E-state index contributed by atoms with van der Waals surface area (Å²) in [5.41, 5.74) is 1.79. The Hall–Kier alpha value is -2.86. The number of benzene rings is 1. The molecule has 1 aromatic carbocycles. The second-order valence-electron chi connectivity index (χ2n) is 5.47. The van der Waals surface area contributed by atoms with Crippen molar-refractivity contribution in [2.45, 2.75) is 13.5 Å². The molecule has 0 bridgehead atoms. The molecular weight excluding hydrogens is 340 g/mol. The number of carbonyl (C=O) groups is 1. The summed E-state index contributed by atoms with van der Waals surface area (Å²) in [7, 11) is 0. The maximum atomic E-state index is 11.9. The molecule has 0 saturated heterocycles. The average molecular weight is 357 g/mol. The molecular formula is C18H17ClN4O2. The Morgan fingerprint density at radius 1 is 1.32 bits per heavy atom. The molecule has 0 atom stereocenters. The van der Waals surface area contributed by atoms with Crippen molar-refractivity contribution in [1.29, 1.82) is 0 Å². The Morgan fingerprint density at radius 2 is 2.20 bits per heavy atom. The van der Waals surface area contributed by atoms with E-state index in [0.29, 0.717) is 17.3 Å². The van der Waals surface area contributed by atoms with Crippen LogP contribution in [-0.2, 0) is 11.3 Å². The Kier molecular flexibility index (Phi) is 5.30. The van der Waals surface area contributed by atoms with E-state index >= 15 is 0 Å². The lowest BCUT2D eigenvalue weighted by Gasteiger charge is -2.10. The summed E-state index contributed by atoms with van der Waals surface area (Å²) >= 11 is 5.90. The summed E-state index contributed by atoms with van der Waals surface area (Å²) in [6.07, 6.45) is 6.91. The Balaban J connectivity index is 1.49. The van der Waals surface area contributed by atoms with Crippen molar-refractivity contribution < 1.29 is 9.53 Å². The molecule has 0 radical (unpaired) electrons. The highest BCUT2D eigenvalue weighted by Gasteiger charge is 2.06. The largest absolute Gasteiger partial charge is 0.484 e. The molecule has 7 heteroatoms. The van der Waals surface area contributed by atoms with Gasteiger partial charge in [-0.05, 0) is 42.3 Å². The second kappa shape index (κ2) is 7.81. The van der Waals surface area contributed by atoms with Crippen molar-refractivity contribution in [3.63, 3.8) is 0 Å². The van der Waals surface area contributed by atoms with Gasteiger partial charge in [-0.2, -0.15) is 0 Å². The molecule has 0 aliphatic carbocycles. The van der Waals surface area contributed by atoms with Crippen LogP contribution in [0.2, 0.25) is 5.02 Å². The molecule has 6 nitrogen and oxygen atoms in total. The van der Waals surface area contributed by atoms with E-state index in [1.165, 1.54) is 0 Å². The van der Waals surface area contributed by atoms with Crippen LogP contribution < -0.4 is 10.1 Å². The summed E-state index contributed by atoms with van der Waals surface area (Å²) in [4.78, 5) is 20.2. The van der Waals surface area contributed by atoms with Crippen molar-refractivity contribution in [3.05, 3.63) is 71.4 Å². The molecule has 0 aliphatic heterocycles. The van der Waals surface area contributed by atoms with Gasteiger partial charge in [-0.3, -0.25) is 9.36 Å². The van der Waals surface area contributed by atoms with Gasteiger partial charge in [0.2, 0.25) is 0 Å². The van der Waals surface area contributed by atoms with Crippen LogP contribution in [0.3, 0.4) is 0 Å². The maximum Gasteiger partial charge on any atom is 0.258 e. The number of nitrogens with zero attached hydrogens (tertiary/aromatic N) is 3. The van der Waals surface area contributed by atoms with Gasteiger partial charge < -0.3 is 10.1 Å². The fourth-order valence-corrected chi connectivity index (χ4v) is 2.47. The Bertz CT molecular complexity index is 848. The molecule has 0 fully saturated rings. The standard InChI is InChI=1S/C18H17ClN4O2/c1-13-8-15(19)3-4-16(13)25-11-18(24)22-10-14-2-5-17(21-9-14)23-7-6-20-12-23/h2-9,12H,10-11H2,1H3,(H,22,24). The average Bonchev–Trinajstić information content (AvgIpc) is 3.14. The van der Waals surface area contributed by atoms with Crippen molar-refractivity contribution in [3.8, 4) is 11.6 Å². The van der Waals surface area contributed by atoms with E-state index < -0.39 is 0 Å². The molecule has 2 heterocycles. The van der Waals surface area contributed by atoms with E-state index in [0.717, 1.165) is 16.9 Å². The SMILES string of the molecule is Cc1cc(Cl)ccc1OCC(=O)NCc1ccc(-n2ccnc2)nc1. The predicted octanol–water partition coefficient (Wildman–Crippen LogP) is 2.92. The van der Waals surface area contributed by atoms with E-state index in [4.69, 9.17) is 16.3 Å². The molecule has 0 aliphatic rings. The van der Waals surface area contributed by atoms with Gasteiger partial charge in [0.25, 0.3) is 5.91 Å². The monoisotopic (exact) mass is 356 g/mol. The number of hydrogen-bond acceptors (Lipinski definition) is 4. The third kappa shape index (κ3) is 4.58. The van der Waals surface area contributed by atoms with Gasteiger partial charge in [-0.1, -0.05) is 17.7 Å². The lowest BCUT2D eigenvalue weighted by Crippen LogP contribution is -2.28. The minimum Gasteiger partial charge on any atom is -0.484 e. The smallest absolute Gasteiger partial charge is 0.258 e. The third-order valence-electron chi connectivity index (χ3n) is 3.56. The first-order valence-corrected chi connectivity index (χ1v) is 8.08. The molecule has 2 aromatic heterocycles. The normalized spacial score (nSPS) is 10.5. The number of ether oxygens (including phenoxy) is 1. The fourth-order valence-electron chi connectivity index (χ4n) is 2.24. The first-order valence-electron chi connectivity index (χ1n) is 7.71. The van der Waals surface area contributed by atoms with Crippen LogP contribution in [0.5, 0.6) is 5.75 Å². The van der Waals surface area contributed by atoms with Crippen molar-refractivity contribution >= 4 is 17.5 Å². The minimum atomic E-state index is -0.201. The molecule has 0 unspecified atom stereocenters.